The second kappa shape index (κ2) is 37.0. The van der Waals surface area contributed by atoms with Gasteiger partial charge in [0.2, 0.25) is 11.8 Å². The Morgan fingerprint density at radius 1 is 0.728 bits per heavy atom. The number of piperidine rings is 1. The van der Waals surface area contributed by atoms with Crippen LogP contribution in [0.5, 0.6) is 5.75 Å². The molecule has 5 aliphatic heterocycles. The molecule has 0 radical (unpaired) electrons. The lowest BCUT2D eigenvalue weighted by Crippen LogP contribution is -2.81. The van der Waals surface area contributed by atoms with Crippen molar-refractivity contribution < 1.29 is 117 Å². The highest BCUT2D eigenvalue weighted by atomic mass is 33.1. The number of nitrogens with zero attached hydrogens (tertiary/aromatic N) is 3. The van der Waals surface area contributed by atoms with Gasteiger partial charge in [0.05, 0.1) is 44.2 Å². The molecule has 2 unspecified atom stereocenters. The summed E-state index contributed by atoms with van der Waals surface area (Å²) in [6.07, 6.45) is -0.386. The first-order chi connectivity index (χ1) is 54.2. The molecule has 2 bridgehead atoms. The predicted octanol–water partition coefficient (Wildman–Crippen LogP) is 3.41. The monoisotopic (exact) mass is 1620 g/mol. The molecule has 1 saturated carbocycles. The summed E-state index contributed by atoms with van der Waals surface area (Å²) in [6.45, 7) is 5.38. The van der Waals surface area contributed by atoms with E-state index >= 15 is 9.59 Å². The number of carboxylic acids is 5. The summed E-state index contributed by atoms with van der Waals surface area (Å²) < 4.78 is 17.9. The van der Waals surface area contributed by atoms with Crippen molar-refractivity contribution in [2.75, 3.05) is 90.1 Å². The number of benzene rings is 3. The standard InChI is InChI=1S/C80H102N8O24S2/c1-6-76(108)38-46-39-79(74(106)111-5,53-33-47-17-11-12-18-51(47)52(53)42-87(41-46)44-76)55-35-54-59(37-61(55)110-4)86(3)71-78(54)25-28-88-27-14-24-77(7-2,70(78)88)72(104)80(71,109)73(105)82-40-65(96)112-29-30-113-114-43-58(69(102)103)84-66(97)49(31-45-15-9-8-10-16-45)34-60(90)57(36-64(94)95)83-62(91)23-20-48(67(98)99)32-50(89)21-22-56(68(100)101)85-75(107)81-26-13-19-63(92)93/h8-12,14-18,24,35,37,46,48-49,56-58,70-72,104,108-109H,6-7,13,19-23,25-34,36,38-44H2,1-5H3,(H,82,105)(H,83,91)(H,84,97)(H,92,93)(H,94,95)(H,98,99)(H,100,101)(H,102,103)(H2,81,85,107)/t46?,48-,49-,56+,57+,58+,70+,71-,72-,76+,77-,78-,79-,80+/m1/s1. The molecule has 5 amide bonds. The third kappa shape index (κ3) is 18.3. The van der Waals surface area contributed by atoms with Gasteiger partial charge in [-0.2, -0.15) is 0 Å². The van der Waals surface area contributed by atoms with Crippen LogP contribution in [-0.2, 0) is 90.7 Å². The average molecular weight is 1620 g/mol. The Bertz CT molecular complexity index is 4260. The number of esters is 2. The molecular formula is C80H102N8O24S2. The maximum Gasteiger partial charge on any atom is 0.327 e. The number of likely N-dealkylation sites (N-methyl/N-ethyl adjacent to an activating group) is 1. The molecule has 618 valence electrons. The molecule has 1 spiro atoms. The van der Waals surface area contributed by atoms with Gasteiger partial charge in [-0.3, -0.25) is 57.7 Å². The Morgan fingerprint density at radius 3 is 2.13 bits per heavy atom. The molecule has 2 aliphatic carbocycles. The van der Waals surface area contributed by atoms with E-state index in [4.69, 9.17) is 19.3 Å². The maximum absolute atomic E-state index is 15.6. The number of ether oxygens (including phenoxy) is 3. The van der Waals surface area contributed by atoms with Crippen LogP contribution in [0.1, 0.15) is 132 Å². The number of aliphatic hydroxyl groups is 3. The van der Waals surface area contributed by atoms with Crippen LogP contribution < -0.4 is 36.2 Å². The van der Waals surface area contributed by atoms with Crippen molar-refractivity contribution in [3.63, 3.8) is 0 Å². The Balaban J connectivity index is 0.771. The van der Waals surface area contributed by atoms with Crippen molar-refractivity contribution in [3.8, 4) is 5.75 Å². The van der Waals surface area contributed by atoms with Gasteiger partial charge < -0.3 is 86.5 Å². The lowest BCUT2D eigenvalue weighted by atomic mass is 9.47. The van der Waals surface area contributed by atoms with Gasteiger partial charge in [0.1, 0.15) is 48.3 Å². The summed E-state index contributed by atoms with van der Waals surface area (Å²) in [4.78, 5) is 177. The molecule has 34 heteroatoms. The number of carboxylic acid groups (broad SMARTS) is 5. The smallest absolute Gasteiger partial charge is 0.327 e. The first-order valence-electron chi connectivity index (χ1n) is 38.4. The van der Waals surface area contributed by atoms with E-state index in [0.717, 1.165) is 49.4 Å². The minimum atomic E-state index is -2.63. The van der Waals surface area contributed by atoms with E-state index < -0.39 is 204 Å². The van der Waals surface area contributed by atoms with Crippen molar-refractivity contribution in [1.82, 2.24) is 36.4 Å². The van der Waals surface area contributed by atoms with Gasteiger partial charge >= 0.3 is 47.8 Å². The summed E-state index contributed by atoms with van der Waals surface area (Å²) in [6, 6.07) is 12.7. The molecule has 10 rings (SSSR count). The largest absolute Gasteiger partial charge is 0.496 e. The van der Waals surface area contributed by atoms with Crippen molar-refractivity contribution in [2.45, 2.75) is 175 Å². The molecule has 3 aromatic carbocycles. The van der Waals surface area contributed by atoms with E-state index in [2.05, 4.69) is 48.5 Å². The molecule has 15 atom stereocenters. The number of carbonyl (C=O) groups excluding carboxylic acids is 8. The van der Waals surface area contributed by atoms with Crippen LogP contribution >= 0.6 is 21.6 Å². The van der Waals surface area contributed by atoms with E-state index in [9.17, 15) is 88.5 Å². The highest BCUT2D eigenvalue weighted by Crippen LogP contribution is 2.68. The van der Waals surface area contributed by atoms with Gasteiger partial charge in [0, 0.05) is 123 Å². The number of amides is 5. The lowest BCUT2D eigenvalue weighted by Gasteiger charge is -2.63. The van der Waals surface area contributed by atoms with E-state index in [-0.39, 0.29) is 62.7 Å². The fraction of sp³-hybridized carbons (Fsp3) is 0.562. The first kappa shape index (κ1) is 86.9. The number of hydrogen-bond donors (Lipinski definition) is 13. The second-order valence-electron chi connectivity index (χ2n) is 30.9. The van der Waals surface area contributed by atoms with Crippen LogP contribution in [0.4, 0.5) is 10.5 Å². The van der Waals surface area contributed by atoms with Crippen molar-refractivity contribution in [2.24, 2.45) is 23.2 Å². The zero-order chi connectivity index (χ0) is 82.8. The van der Waals surface area contributed by atoms with Gasteiger partial charge in [-0.25, -0.2) is 14.4 Å². The molecule has 32 nitrogen and oxygen atoms in total. The summed E-state index contributed by atoms with van der Waals surface area (Å²) in [5.74, 6) is -16.1. The normalized spacial score (nSPS) is 26.1. The van der Waals surface area contributed by atoms with Crippen LogP contribution in [0.15, 0.2) is 84.5 Å². The Morgan fingerprint density at radius 2 is 1.46 bits per heavy atom. The van der Waals surface area contributed by atoms with Gasteiger partial charge in [0.15, 0.2) is 11.4 Å². The highest BCUT2D eigenvalue weighted by molar-refractivity contribution is 8.76. The maximum atomic E-state index is 15.6. The molecule has 7 aliphatic rings. The predicted molar refractivity (Wildman–Crippen MR) is 415 cm³/mol. The van der Waals surface area contributed by atoms with Gasteiger partial charge in [-0.15, -0.1) is 0 Å². The zero-order valence-corrected chi connectivity index (χ0v) is 66.0. The molecule has 114 heavy (non-hydrogen) atoms. The zero-order valence-electron chi connectivity index (χ0n) is 64.4. The van der Waals surface area contributed by atoms with Crippen LogP contribution in [0.25, 0.3) is 5.57 Å². The number of ketones is 2. The van der Waals surface area contributed by atoms with E-state index in [1.807, 2.05) is 55.2 Å². The van der Waals surface area contributed by atoms with Crippen molar-refractivity contribution in [1.29, 1.82) is 0 Å². The molecule has 0 aromatic heterocycles. The second-order valence-corrected chi connectivity index (χ2v) is 33.5. The number of hydrogen-bond acceptors (Lipinski definition) is 24. The summed E-state index contributed by atoms with van der Waals surface area (Å²) in [7, 11) is 6.73. The summed E-state index contributed by atoms with van der Waals surface area (Å²) in [5.41, 5.74) is -1.14. The summed E-state index contributed by atoms with van der Waals surface area (Å²) >= 11 is 0. The number of methoxy groups -OCH3 is 2. The molecule has 3 fully saturated rings. The number of aliphatic hydroxyl groups excluding tert-OH is 1. The summed E-state index contributed by atoms with van der Waals surface area (Å²) in [5, 5.41) is 99.2. The SMILES string of the molecule is CC[C@]1(O)CC2CN(CC3=C(Cc4ccccc43)[C@@](C(=O)OC)(c3cc4c(cc3OC)N(C)[C@H]3[C@@](O)(C(=O)NCC(=O)OCCSSC[C@H](NC(=O)[C@@H](CC(=O)[C@H](CC(=O)O)NC(=O)CC[C@H](CC(=O)CC[C@H](NC(=O)NCCCC(=O)O)C(=O)O)C(=O)O)Cc5ccccc5)C(=O)O)[C@H](O)[C@]5(CC)C=CCN6CC[C@]43[C@@H]65)C2)C1. The van der Waals surface area contributed by atoms with E-state index in [1.165, 1.54) is 14.2 Å². The van der Waals surface area contributed by atoms with Crippen LogP contribution in [-0.4, -0.2) is 260 Å². The Hall–Kier alpha value is -9.45. The lowest BCUT2D eigenvalue weighted by molar-refractivity contribution is -0.203. The van der Waals surface area contributed by atoms with Gasteiger partial charge in [-0.05, 0) is 116 Å². The number of nitrogens with one attached hydrogen (secondary N) is 5. The average Bonchev–Trinajstić information content (AvgIpc) is 1.47. The number of urea groups is 1. The molecule has 5 heterocycles. The number of fused-ring (bicyclic) bond motifs is 5. The molecular weight excluding hydrogens is 1520 g/mol. The quantitative estimate of drug-likeness (QED) is 0.0168. The number of anilines is 1. The van der Waals surface area contributed by atoms with E-state index in [0.29, 0.717) is 81.0 Å². The van der Waals surface area contributed by atoms with Crippen LogP contribution in [0.3, 0.4) is 0 Å². The number of aliphatic carboxylic acids is 5. The first-order valence-corrected chi connectivity index (χ1v) is 40.9. The third-order valence-corrected chi connectivity index (χ3v) is 26.3. The fourth-order valence-corrected chi connectivity index (χ4v) is 20.8. The Labute approximate surface area is 666 Å². The topological polar surface area (TPSA) is 481 Å². The van der Waals surface area contributed by atoms with E-state index in [1.54, 1.807) is 37.4 Å². The molecule has 2 saturated heterocycles. The molecule has 13 N–H and O–H groups in total. The number of carbonyl (C=O) groups is 13. The third-order valence-electron chi connectivity index (χ3n) is 24.0. The fourth-order valence-electron chi connectivity index (χ4n) is 18.8. The van der Waals surface area contributed by atoms with Crippen molar-refractivity contribution in [3.05, 3.63) is 112 Å². The van der Waals surface area contributed by atoms with Gasteiger partial charge in [-0.1, -0.05) is 102 Å². The number of rotatable bonds is 40. The molecule has 3 aromatic rings. The highest BCUT2D eigenvalue weighted by Gasteiger charge is 2.79. The van der Waals surface area contributed by atoms with Gasteiger partial charge in [0.25, 0.3) is 5.91 Å². The minimum Gasteiger partial charge on any atom is -0.496 e. The van der Waals surface area contributed by atoms with Crippen molar-refractivity contribution >= 4 is 110 Å². The number of Topliss-reactive ketones (excluding diaryl/α,β-unsaturated/α-hetero) is 2. The minimum absolute atomic E-state index is 0.0552. The Kier molecular flexibility index (Phi) is 28.2. The van der Waals surface area contributed by atoms with Crippen LogP contribution in [0.2, 0.25) is 0 Å². The van der Waals surface area contributed by atoms with Crippen LogP contribution in [0, 0.1) is 23.2 Å².